The van der Waals surface area contributed by atoms with Crippen molar-refractivity contribution in [2.24, 2.45) is 4.99 Å². The molecule has 0 aliphatic rings. The van der Waals surface area contributed by atoms with Gasteiger partial charge in [-0.25, -0.2) is 0 Å². The number of nitro groups is 1. The third-order valence-electron chi connectivity index (χ3n) is 4.00. The number of fused-ring (bicyclic) bond motifs is 1. The monoisotopic (exact) mass is 419 g/mol. The number of benzene rings is 2. The first-order valence-electron chi connectivity index (χ1n) is 8.73. The van der Waals surface area contributed by atoms with Crippen LogP contribution in [-0.2, 0) is 6.54 Å². The van der Waals surface area contributed by atoms with E-state index in [-0.39, 0.29) is 16.3 Å². The highest BCUT2D eigenvalue weighted by Gasteiger charge is 2.20. The van der Waals surface area contributed by atoms with Crippen molar-refractivity contribution in [2.45, 2.75) is 26.8 Å². The van der Waals surface area contributed by atoms with Crippen LogP contribution < -0.4 is 9.54 Å². The lowest BCUT2D eigenvalue weighted by atomic mass is 10.2. The Hall–Kier alpha value is -2.71. The van der Waals surface area contributed by atoms with Crippen LogP contribution >= 0.6 is 22.9 Å². The maximum Gasteiger partial charge on any atom is 0.286 e. The van der Waals surface area contributed by atoms with Crippen molar-refractivity contribution < 1.29 is 14.5 Å². The number of aromatic nitrogens is 1. The normalized spacial score (nSPS) is 11.8. The average molecular weight is 420 g/mol. The molecule has 0 bridgehead atoms. The van der Waals surface area contributed by atoms with Crippen molar-refractivity contribution in [1.29, 1.82) is 0 Å². The van der Waals surface area contributed by atoms with Gasteiger partial charge in [-0.3, -0.25) is 14.9 Å². The van der Waals surface area contributed by atoms with Gasteiger partial charge in [0.05, 0.1) is 21.7 Å². The number of nitrogens with zero attached hydrogens (tertiary/aromatic N) is 3. The molecule has 7 nitrogen and oxygen atoms in total. The van der Waals surface area contributed by atoms with E-state index in [1.54, 1.807) is 0 Å². The number of ether oxygens (including phenoxy) is 1. The molecule has 0 radical (unpaired) electrons. The van der Waals surface area contributed by atoms with E-state index in [0.717, 1.165) is 22.4 Å². The molecule has 28 heavy (non-hydrogen) atoms. The Bertz CT molecular complexity index is 1120. The molecule has 0 unspecified atom stereocenters. The first-order valence-corrected chi connectivity index (χ1v) is 9.93. The molecule has 0 N–H and O–H groups in total. The van der Waals surface area contributed by atoms with Gasteiger partial charge in [-0.1, -0.05) is 29.9 Å². The van der Waals surface area contributed by atoms with Crippen LogP contribution in [-0.4, -0.2) is 22.0 Å². The van der Waals surface area contributed by atoms with Crippen molar-refractivity contribution in [3.63, 3.8) is 0 Å². The predicted octanol–water partition coefficient (Wildman–Crippen LogP) is 4.81. The second-order valence-corrected chi connectivity index (χ2v) is 7.38. The van der Waals surface area contributed by atoms with Crippen LogP contribution in [0.15, 0.2) is 41.4 Å². The molecule has 1 amide bonds. The molecule has 146 valence electrons. The number of carbonyl (C=O) groups is 1. The second-order valence-electron chi connectivity index (χ2n) is 5.93. The zero-order chi connectivity index (χ0) is 20.3. The zero-order valence-corrected chi connectivity index (χ0v) is 16.9. The fourth-order valence-corrected chi connectivity index (χ4v) is 4.08. The van der Waals surface area contributed by atoms with Crippen LogP contribution in [0.1, 0.15) is 30.6 Å². The van der Waals surface area contributed by atoms with Gasteiger partial charge in [-0.15, -0.1) is 0 Å². The van der Waals surface area contributed by atoms with Gasteiger partial charge in [0.2, 0.25) is 0 Å². The van der Waals surface area contributed by atoms with Gasteiger partial charge in [0.15, 0.2) is 4.80 Å². The molecule has 3 aromatic rings. The van der Waals surface area contributed by atoms with E-state index < -0.39 is 10.8 Å². The number of hydrogen-bond donors (Lipinski definition) is 0. The Morgan fingerprint density at radius 2 is 2.07 bits per heavy atom. The Labute approximate surface area is 170 Å². The number of aryl methyl sites for hydroxylation is 1. The number of nitro benzene ring substituents is 1. The fraction of sp³-hybridized carbons (Fsp3) is 0.263. The van der Waals surface area contributed by atoms with Crippen molar-refractivity contribution in [2.75, 3.05) is 6.61 Å². The van der Waals surface area contributed by atoms with Gasteiger partial charge in [-0.05, 0) is 43.7 Å². The molecule has 0 fully saturated rings. The van der Waals surface area contributed by atoms with Crippen LogP contribution in [0.2, 0.25) is 5.02 Å². The van der Waals surface area contributed by atoms with Gasteiger partial charge >= 0.3 is 0 Å². The average Bonchev–Trinajstić information content (AvgIpc) is 2.98. The molecule has 0 saturated heterocycles. The lowest BCUT2D eigenvalue weighted by Crippen LogP contribution is -2.17. The molecule has 0 saturated carbocycles. The van der Waals surface area contributed by atoms with Gasteiger partial charge in [0, 0.05) is 17.6 Å². The maximum atomic E-state index is 12.7. The zero-order valence-electron chi connectivity index (χ0n) is 15.3. The van der Waals surface area contributed by atoms with E-state index >= 15 is 0 Å². The van der Waals surface area contributed by atoms with Crippen LogP contribution in [0.4, 0.5) is 5.69 Å². The number of carbonyl (C=O) groups excluding carboxylic acids is 1. The SMILES string of the molecule is CCCn1c(=NC(=O)c2cc(Cl)ccc2[N+](=O)[O-])sc2cc(OCC)ccc21. The van der Waals surface area contributed by atoms with E-state index in [4.69, 9.17) is 16.3 Å². The fourth-order valence-electron chi connectivity index (χ4n) is 2.82. The Morgan fingerprint density at radius 3 is 2.75 bits per heavy atom. The van der Waals surface area contributed by atoms with Crippen molar-refractivity contribution >= 4 is 44.7 Å². The van der Waals surface area contributed by atoms with Crippen LogP contribution in [0.3, 0.4) is 0 Å². The number of halogens is 1. The summed E-state index contributed by atoms with van der Waals surface area (Å²) in [5, 5.41) is 11.5. The minimum absolute atomic E-state index is 0.131. The first kappa shape index (κ1) is 20.0. The first-order chi connectivity index (χ1) is 13.4. The van der Waals surface area contributed by atoms with E-state index in [0.29, 0.717) is 18.0 Å². The molecular weight excluding hydrogens is 402 g/mol. The van der Waals surface area contributed by atoms with Gasteiger partial charge < -0.3 is 9.30 Å². The Morgan fingerprint density at radius 1 is 1.29 bits per heavy atom. The van der Waals surface area contributed by atoms with Crippen LogP contribution in [0.25, 0.3) is 10.2 Å². The molecular formula is C19H18ClN3O4S. The highest BCUT2D eigenvalue weighted by atomic mass is 35.5. The number of rotatable bonds is 6. The molecule has 1 heterocycles. The highest BCUT2D eigenvalue weighted by molar-refractivity contribution is 7.16. The lowest BCUT2D eigenvalue weighted by molar-refractivity contribution is -0.385. The molecule has 0 aliphatic carbocycles. The standard InChI is InChI=1S/C19H18ClN3O4S/c1-3-9-22-16-8-6-13(27-4-2)11-17(16)28-19(22)21-18(24)14-10-12(20)5-7-15(14)23(25)26/h5-8,10-11H,3-4,9H2,1-2H3. The highest BCUT2D eigenvalue weighted by Crippen LogP contribution is 2.25. The number of thiazole rings is 1. The van der Waals surface area contributed by atoms with Gasteiger partial charge in [0.1, 0.15) is 11.3 Å². The summed E-state index contributed by atoms with van der Waals surface area (Å²) in [6.45, 7) is 5.16. The van der Waals surface area contributed by atoms with Gasteiger partial charge in [0.25, 0.3) is 11.6 Å². The molecule has 0 spiro atoms. The minimum Gasteiger partial charge on any atom is -0.494 e. The third kappa shape index (κ3) is 4.07. The minimum atomic E-state index is -0.698. The summed E-state index contributed by atoms with van der Waals surface area (Å²) in [7, 11) is 0. The lowest BCUT2D eigenvalue weighted by Gasteiger charge is -2.05. The molecule has 0 aliphatic heterocycles. The second kappa shape index (κ2) is 8.53. The number of hydrogen-bond acceptors (Lipinski definition) is 5. The summed E-state index contributed by atoms with van der Waals surface area (Å²) >= 11 is 7.27. The van der Waals surface area contributed by atoms with Crippen LogP contribution in [0.5, 0.6) is 5.75 Å². The molecule has 2 aromatic carbocycles. The molecule has 0 atom stereocenters. The summed E-state index contributed by atoms with van der Waals surface area (Å²) in [6, 6.07) is 9.57. The van der Waals surface area contributed by atoms with E-state index in [1.807, 2.05) is 36.6 Å². The topological polar surface area (TPSA) is 86.7 Å². The van der Waals surface area contributed by atoms with Crippen LogP contribution in [0, 0.1) is 10.1 Å². The van der Waals surface area contributed by atoms with E-state index in [9.17, 15) is 14.9 Å². The van der Waals surface area contributed by atoms with E-state index in [2.05, 4.69) is 4.99 Å². The maximum absolute atomic E-state index is 12.7. The summed E-state index contributed by atoms with van der Waals surface area (Å²) in [6.07, 6.45) is 0.845. The number of amides is 1. The molecule has 1 aromatic heterocycles. The Balaban J connectivity index is 2.15. The smallest absolute Gasteiger partial charge is 0.286 e. The molecule has 3 rings (SSSR count). The summed E-state index contributed by atoms with van der Waals surface area (Å²) in [4.78, 5) is 28.0. The predicted molar refractivity (Wildman–Crippen MR) is 109 cm³/mol. The van der Waals surface area contributed by atoms with Crippen molar-refractivity contribution in [1.82, 2.24) is 4.57 Å². The largest absolute Gasteiger partial charge is 0.494 e. The summed E-state index contributed by atoms with van der Waals surface area (Å²) in [5.41, 5.74) is 0.482. The molecule has 9 heteroatoms. The van der Waals surface area contributed by atoms with Gasteiger partial charge in [-0.2, -0.15) is 4.99 Å². The summed E-state index contributed by atoms with van der Waals surface area (Å²) in [5.74, 6) is 0.0406. The quantitative estimate of drug-likeness (QED) is 0.423. The summed E-state index contributed by atoms with van der Waals surface area (Å²) < 4.78 is 8.40. The Kier molecular flexibility index (Phi) is 6.11. The van der Waals surface area contributed by atoms with E-state index in [1.165, 1.54) is 29.5 Å². The van der Waals surface area contributed by atoms with Crippen molar-refractivity contribution in [3.05, 3.63) is 61.9 Å². The van der Waals surface area contributed by atoms with Crippen molar-refractivity contribution in [3.8, 4) is 5.75 Å². The third-order valence-corrected chi connectivity index (χ3v) is 5.27.